The lowest BCUT2D eigenvalue weighted by Crippen LogP contribution is -2.13. The number of pyridine rings is 1. The molecule has 1 heterocycles. The summed E-state index contributed by atoms with van der Waals surface area (Å²) in [5.41, 5.74) is 1.43. The number of anilines is 1. The van der Waals surface area contributed by atoms with Crippen molar-refractivity contribution in [3.05, 3.63) is 58.9 Å². The molecular formula is C14H11ClN2O2. The van der Waals surface area contributed by atoms with Crippen LogP contribution in [0.1, 0.15) is 27.8 Å². The van der Waals surface area contributed by atoms with Gasteiger partial charge in [0, 0.05) is 11.3 Å². The van der Waals surface area contributed by atoms with Crippen molar-refractivity contribution in [1.82, 2.24) is 4.98 Å². The molecule has 19 heavy (non-hydrogen) atoms. The Kier molecular flexibility index (Phi) is 3.92. The molecule has 0 radical (unpaired) electrons. The van der Waals surface area contributed by atoms with E-state index in [1.807, 2.05) is 0 Å². The number of halogens is 1. The second-order valence-electron chi connectivity index (χ2n) is 3.93. The monoisotopic (exact) mass is 274 g/mol. The Morgan fingerprint density at radius 1 is 1.11 bits per heavy atom. The molecule has 0 spiro atoms. The largest absolute Gasteiger partial charge is 0.321 e. The Morgan fingerprint density at radius 3 is 2.37 bits per heavy atom. The van der Waals surface area contributed by atoms with Crippen molar-refractivity contribution in [2.24, 2.45) is 0 Å². The van der Waals surface area contributed by atoms with E-state index in [1.54, 1.807) is 42.5 Å². The standard InChI is InChI=1S/C14H11ClN2O2/c1-9(18)10-5-7-11(8-6-10)16-14(19)12-3-2-4-13(15)17-12/h2-8H,1H3,(H,16,19). The highest BCUT2D eigenvalue weighted by atomic mass is 35.5. The van der Waals surface area contributed by atoms with Crippen LogP contribution >= 0.6 is 11.6 Å². The molecule has 0 bridgehead atoms. The lowest BCUT2D eigenvalue weighted by molar-refractivity contribution is 0.101. The summed E-state index contributed by atoms with van der Waals surface area (Å²) in [5.74, 6) is -0.368. The summed E-state index contributed by atoms with van der Waals surface area (Å²) in [6, 6.07) is 11.5. The first kappa shape index (κ1) is 13.2. The Morgan fingerprint density at radius 2 is 1.79 bits per heavy atom. The molecule has 1 aromatic carbocycles. The maximum atomic E-state index is 11.9. The Balaban J connectivity index is 2.13. The van der Waals surface area contributed by atoms with Crippen LogP contribution in [0.5, 0.6) is 0 Å². The van der Waals surface area contributed by atoms with Gasteiger partial charge < -0.3 is 5.32 Å². The molecule has 1 N–H and O–H groups in total. The van der Waals surface area contributed by atoms with Crippen molar-refractivity contribution >= 4 is 29.0 Å². The Labute approximate surface area is 115 Å². The van der Waals surface area contributed by atoms with Gasteiger partial charge in [-0.1, -0.05) is 17.7 Å². The number of nitrogens with one attached hydrogen (secondary N) is 1. The molecule has 0 aliphatic carbocycles. The fourth-order valence-corrected chi connectivity index (χ4v) is 1.68. The number of carbonyl (C=O) groups is 2. The van der Waals surface area contributed by atoms with Gasteiger partial charge in [-0.25, -0.2) is 4.98 Å². The lowest BCUT2D eigenvalue weighted by Gasteiger charge is -2.05. The fourth-order valence-electron chi connectivity index (χ4n) is 1.52. The molecule has 0 atom stereocenters. The molecule has 0 unspecified atom stereocenters. The van der Waals surface area contributed by atoms with Gasteiger partial charge in [-0.15, -0.1) is 0 Å². The topological polar surface area (TPSA) is 59.1 Å². The second-order valence-corrected chi connectivity index (χ2v) is 4.32. The van der Waals surface area contributed by atoms with Gasteiger partial charge in [0.2, 0.25) is 0 Å². The average Bonchev–Trinajstić information content (AvgIpc) is 2.39. The molecule has 1 aromatic heterocycles. The third-order valence-electron chi connectivity index (χ3n) is 2.50. The maximum Gasteiger partial charge on any atom is 0.274 e. The normalized spacial score (nSPS) is 10.0. The summed E-state index contributed by atoms with van der Waals surface area (Å²) in [6.45, 7) is 1.49. The number of rotatable bonds is 3. The first-order valence-corrected chi connectivity index (χ1v) is 5.99. The van der Waals surface area contributed by atoms with Crippen LogP contribution in [0.25, 0.3) is 0 Å². The van der Waals surface area contributed by atoms with Crippen LogP contribution in [-0.4, -0.2) is 16.7 Å². The van der Waals surface area contributed by atoms with Gasteiger partial charge in [-0.05, 0) is 43.3 Å². The summed E-state index contributed by atoms with van der Waals surface area (Å²) >= 11 is 5.72. The third kappa shape index (κ3) is 3.39. The quantitative estimate of drug-likeness (QED) is 0.691. The zero-order valence-electron chi connectivity index (χ0n) is 10.2. The van der Waals surface area contributed by atoms with E-state index in [0.717, 1.165) is 0 Å². The van der Waals surface area contributed by atoms with Crippen LogP contribution in [-0.2, 0) is 0 Å². The lowest BCUT2D eigenvalue weighted by atomic mass is 10.1. The van der Waals surface area contributed by atoms with Crippen LogP contribution in [0.2, 0.25) is 5.15 Å². The van der Waals surface area contributed by atoms with Gasteiger partial charge in [0.05, 0.1) is 0 Å². The minimum atomic E-state index is -0.349. The SMILES string of the molecule is CC(=O)c1ccc(NC(=O)c2cccc(Cl)n2)cc1. The molecule has 1 amide bonds. The van der Waals surface area contributed by atoms with Crippen molar-refractivity contribution in [3.8, 4) is 0 Å². The molecule has 0 fully saturated rings. The van der Waals surface area contributed by atoms with Crippen LogP contribution in [0.15, 0.2) is 42.5 Å². The highest BCUT2D eigenvalue weighted by Crippen LogP contribution is 2.12. The van der Waals surface area contributed by atoms with Crippen molar-refractivity contribution in [1.29, 1.82) is 0 Å². The Bertz CT molecular complexity index is 624. The van der Waals surface area contributed by atoms with Crippen LogP contribution in [0.4, 0.5) is 5.69 Å². The number of Topliss-reactive ketones (excluding diaryl/α,β-unsaturated/α-hetero) is 1. The molecular weight excluding hydrogens is 264 g/mol. The molecule has 2 aromatic rings. The van der Waals surface area contributed by atoms with Crippen molar-refractivity contribution in [2.45, 2.75) is 6.92 Å². The van der Waals surface area contributed by atoms with Gasteiger partial charge in [0.15, 0.2) is 5.78 Å². The number of nitrogens with zero attached hydrogens (tertiary/aromatic N) is 1. The van der Waals surface area contributed by atoms with E-state index in [0.29, 0.717) is 11.3 Å². The first-order valence-electron chi connectivity index (χ1n) is 5.61. The highest BCUT2D eigenvalue weighted by Gasteiger charge is 2.08. The number of hydrogen-bond donors (Lipinski definition) is 1. The van der Waals surface area contributed by atoms with E-state index >= 15 is 0 Å². The number of carbonyl (C=O) groups excluding carboxylic acids is 2. The summed E-state index contributed by atoms with van der Waals surface area (Å²) in [7, 11) is 0. The predicted molar refractivity (Wildman–Crippen MR) is 73.6 cm³/mol. The predicted octanol–water partition coefficient (Wildman–Crippen LogP) is 3.19. The summed E-state index contributed by atoms with van der Waals surface area (Å²) in [4.78, 5) is 26.9. The van der Waals surface area contributed by atoms with E-state index in [4.69, 9.17) is 11.6 Å². The fraction of sp³-hybridized carbons (Fsp3) is 0.0714. The van der Waals surface area contributed by atoms with E-state index in [-0.39, 0.29) is 22.5 Å². The number of aromatic nitrogens is 1. The number of amides is 1. The number of benzene rings is 1. The van der Waals surface area contributed by atoms with E-state index in [2.05, 4.69) is 10.3 Å². The first-order chi connectivity index (χ1) is 9.06. The molecule has 2 rings (SSSR count). The third-order valence-corrected chi connectivity index (χ3v) is 2.71. The summed E-state index contributed by atoms with van der Waals surface area (Å²) in [5, 5.41) is 2.94. The van der Waals surface area contributed by atoms with Gasteiger partial charge in [0.1, 0.15) is 10.8 Å². The molecule has 4 nitrogen and oxygen atoms in total. The smallest absolute Gasteiger partial charge is 0.274 e. The molecule has 0 saturated heterocycles. The Hall–Kier alpha value is -2.20. The van der Waals surface area contributed by atoms with Gasteiger partial charge >= 0.3 is 0 Å². The van der Waals surface area contributed by atoms with Gasteiger partial charge in [0.25, 0.3) is 5.91 Å². The molecule has 0 saturated carbocycles. The van der Waals surface area contributed by atoms with Crippen LogP contribution < -0.4 is 5.32 Å². The average molecular weight is 275 g/mol. The molecule has 96 valence electrons. The van der Waals surface area contributed by atoms with E-state index in [1.165, 1.54) is 6.92 Å². The van der Waals surface area contributed by atoms with Crippen molar-refractivity contribution in [3.63, 3.8) is 0 Å². The zero-order valence-corrected chi connectivity index (χ0v) is 10.9. The minimum Gasteiger partial charge on any atom is -0.321 e. The maximum absolute atomic E-state index is 11.9. The zero-order chi connectivity index (χ0) is 13.8. The summed E-state index contributed by atoms with van der Waals surface area (Å²) in [6.07, 6.45) is 0. The van der Waals surface area contributed by atoms with Crippen molar-refractivity contribution < 1.29 is 9.59 Å². The van der Waals surface area contributed by atoms with Crippen LogP contribution in [0, 0.1) is 0 Å². The minimum absolute atomic E-state index is 0.0191. The highest BCUT2D eigenvalue weighted by molar-refractivity contribution is 6.29. The molecule has 0 aliphatic heterocycles. The van der Waals surface area contributed by atoms with Crippen molar-refractivity contribution in [2.75, 3.05) is 5.32 Å². The number of ketones is 1. The van der Waals surface area contributed by atoms with Crippen LogP contribution in [0.3, 0.4) is 0 Å². The molecule has 0 aliphatic rings. The van der Waals surface area contributed by atoms with Gasteiger partial charge in [-0.2, -0.15) is 0 Å². The van der Waals surface area contributed by atoms with Gasteiger partial charge in [-0.3, -0.25) is 9.59 Å². The summed E-state index contributed by atoms with van der Waals surface area (Å²) < 4.78 is 0. The van der Waals surface area contributed by atoms with E-state index in [9.17, 15) is 9.59 Å². The number of hydrogen-bond acceptors (Lipinski definition) is 3. The molecule has 5 heteroatoms. The van der Waals surface area contributed by atoms with E-state index < -0.39 is 0 Å². The second kappa shape index (κ2) is 5.63.